The summed E-state index contributed by atoms with van der Waals surface area (Å²) >= 11 is 0. The Morgan fingerprint density at radius 3 is 2.42 bits per heavy atom. The molecule has 1 aromatic heterocycles. The maximum Gasteiger partial charge on any atom is 0.335 e. The molecule has 3 amide bonds. The maximum absolute atomic E-state index is 13.4. The molecule has 2 aromatic carbocycles. The van der Waals surface area contributed by atoms with Crippen molar-refractivity contribution in [2.45, 2.75) is 65.5 Å². The molecule has 0 aliphatic carbocycles. The number of unbranched alkanes of at least 4 members (excludes halogenated alkanes) is 2. The fraction of sp³-hybridized carbons (Fsp3) is 0.382. The smallest absolute Gasteiger partial charge is 0.335 e. The first kappa shape index (κ1) is 34.7. The Bertz CT molecular complexity index is 1420. The summed E-state index contributed by atoms with van der Waals surface area (Å²) in [7, 11) is 0. The number of rotatable bonds is 19. The van der Waals surface area contributed by atoms with Gasteiger partial charge in [-0.15, -0.1) is 0 Å². The lowest BCUT2D eigenvalue weighted by molar-refractivity contribution is -0.200. The van der Waals surface area contributed by atoms with Crippen LogP contribution in [0.25, 0.3) is 11.3 Å². The molecule has 3 N–H and O–H groups in total. The van der Waals surface area contributed by atoms with Gasteiger partial charge in [0.1, 0.15) is 18.1 Å². The van der Waals surface area contributed by atoms with E-state index in [4.69, 9.17) is 9.57 Å². The highest BCUT2D eigenvalue weighted by Gasteiger charge is 2.32. The van der Waals surface area contributed by atoms with Crippen molar-refractivity contribution in [2.24, 2.45) is 5.92 Å². The maximum atomic E-state index is 13.4. The molecule has 1 heterocycles. The molecular formula is C34H42N4O7. The van der Waals surface area contributed by atoms with Gasteiger partial charge in [0.05, 0.1) is 36.5 Å². The molecule has 0 aliphatic heterocycles. The van der Waals surface area contributed by atoms with E-state index in [0.717, 1.165) is 24.8 Å². The van der Waals surface area contributed by atoms with Gasteiger partial charge in [-0.3, -0.25) is 19.2 Å². The summed E-state index contributed by atoms with van der Waals surface area (Å²) in [6.07, 6.45) is 4.37. The van der Waals surface area contributed by atoms with Gasteiger partial charge in [-0.25, -0.2) is 14.8 Å². The monoisotopic (exact) mass is 618 g/mol. The van der Waals surface area contributed by atoms with Gasteiger partial charge in [0.15, 0.2) is 0 Å². The van der Waals surface area contributed by atoms with E-state index in [0.29, 0.717) is 42.9 Å². The van der Waals surface area contributed by atoms with Crippen LogP contribution in [0.5, 0.6) is 5.75 Å². The van der Waals surface area contributed by atoms with Crippen molar-refractivity contribution in [3.05, 3.63) is 83.6 Å². The molecule has 0 saturated carbocycles. The predicted octanol–water partition coefficient (Wildman–Crippen LogP) is 5.21. The second-order valence-corrected chi connectivity index (χ2v) is 10.4. The van der Waals surface area contributed by atoms with Gasteiger partial charge >= 0.3 is 5.97 Å². The second kappa shape index (κ2) is 18.1. The highest BCUT2D eigenvalue weighted by atomic mass is 16.7. The molecule has 2 atom stereocenters. The Hall–Kier alpha value is -4.77. The third-order valence-electron chi connectivity index (χ3n) is 7.25. The minimum Gasteiger partial charge on any atom is -0.494 e. The number of ether oxygens (including phenoxy) is 1. The number of nitrogens with one attached hydrogen (secondary N) is 2. The predicted molar refractivity (Wildman–Crippen MR) is 169 cm³/mol. The normalized spacial score (nSPS) is 12.1. The third kappa shape index (κ3) is 10.4. The van der Waals surface area contributed by atoms with Crippen molar-refractivity contribution < 1.29 is 33.9 Å². The van der Waals surface area contributed by atoms with Crippen LogP contribution in [0.2, 0.25) is 0 Å². The highest BCUT2D eigenvalue weighted by molar-refractivity contribution is 5.93. The Morgan fingerprint density at radius 2 is 1.76 bits per heavy atom. The summed E-state index contributed by atoms with van der Waals surface area (Å²) in [6.45, 7) is 6.16. The molecule has 0 saturated heterocycles. The standard InChI is InChI=1S/C34H42N4O7/c1-4-7-9-15-28(31(5-2)38(23-39)45-21-24-13-10-8-11-14-24)32(40)35-22-36-33(41)30-17-12-16-29(37-30)25-18-26(34(42)43)20-27(19-25)44-6-3/h8,10-14,16-20,23,28,31H,4-7,9,15,21-22H2,1-3H3,(H,35,40)(H,36,41)(H,42,43)/t28-,31-/m1/s1. The molecule has 11 nitrogen and oxygen atoms in total. The van der Waals surface area contributed by atoms with Crippen LogP contribution < -0.4 is 15.4 Å². The minimum absolute atomic E-state index is 0.0350. The van der Waals surface area contributed by atoms with E-state index in [1.165, 1.54) is 23.3 Å². The van der Waals surface area contributed by atoms with Gasteiger partial charge < -0.3 is 20.5 Å². The zero-order valence-corrected chi connectivity index (χ0v) is 26.0. The molecule has 0 radical (unpaired) electrons. The van der Waals surface area contributed by atoms with E-state index < -0.39 is 23.8 Å². The van der Waals surface area contributed by atoms with Crippen molar-refractivity contribution in [1.29, 1.82) is 0 Å². The number of pyridine rings is 1. The largest absolute Gasteiger partial charge is 0.494 e. The molecule has 3 aromatic rings. The highest BCUT2D eigenvalue weighted by Crippen LogP contribution is 2.26. The van der Waals surface area contributed by atoms with Crippen molar-refractivity contribution in [2.75, 3.05) is 13.3 Å². The molecule has 11 heteroatoms. The number of nitrogens with zero attached hydrogens (tertiary/aromatic N) is 2. The van der Waals surface area contributed by atoms with Gasteiger partial charge in [0.25, 0.3) is 5.91 Å². The van der Waals surface area contributed by atoms with Crippen molar-refractivity contribution in [3.8, 4) is 17.0 Å². The van der Waals surface area contributed by atoms with Crippen molar-refractivity contribution in [3.63, 3.8) is 0 Å². The molecule has 0 bridgehead atoms. The van der Waals surface area contributed by atoms with E-state index in [1.54, 1.807) is 25.1 Å². The first-order chi connectivity index (χ1) is 21.8. The van der Waals surface area contributed by atoms with Crippen LogP contribution in [0.1, 0.15) is 79.3 Å². The molecule has 45 heavy (non-hydrogen) atoms. The van der Waals surface area contributed by atoms with E-state index in [1.807, 2.05) is 37.3 Å². The fourth-order valence-electron chi connectivity index (χ4n) is 4.96. The van der Waals surface area contributed by atoms with Crippen LogP contribution in [-0.4, -0.2) is 58.7 Å². The molecule has 240 valence electrons. The number of aromatic nitrogens is 1. The van der Waals surface area contributed by atoms with Gasteiger partial charge in [-0.2, -0.15) is 0 Å². The summed E-state index contributed by atoms with van der Waals surface area (Å²) in [5.41, 5.74) is 1.90. The van der Waals surface area contributed by atoms with E-state index in [2.05, 4.69) is 22.5 Å². The number of carboxylic acids is 1. The number of hydrogen-bond donors (Lipinski definition) is 3. The van der Waals surface area contributed by atoms with E-state index in [-0.39, 0.29) is 30.4 Å². The summed E-state index contributed by atoms with van der Waals surface area (Å²) < 4.78 is 5.50. The summed E-state index contributed by atoms with van der Waals surface area (Å²) in [4.78, 5) is 60.3. The van der Waals surface area contributed by atoms with Gasteiger partial charge in [-0.1, -0.05) is 69.5 Å². The first-order valence-electron chi connectivity index (χ1n) is 15.3. The second-order valence-electron chi connectivity index (χ2n) is 10.4. The SMILES string of the molecule is CCCCC[C@@H](C(=O)NCNC(=O)c1cccc(-c2cc(OCC)cc(C(=O)O)c2)n1)[C@@H](CC)N(C=O)OCc1ccccc1. The lowest BCUT2D eigenvalue weighted by atomic mass is 9.90. The average Bonchev–Trinajstić information content (AvgIpc) is 3.06. The minimum atomic E-state index is -1.11. The molecular weight excluding hydrogens is 576 g/mol. The molecule has 0 spiro atoms. The number of hydrogen-bond acceptors (Lipinski definition) is 7. The average molecular weight is 619 g/mol. The fourth-order valence-corrected chi connectivity index (χ4v) is 4.96. The van der Waals surface area contributed by atoms with E-state index in [9.17, 15) is 24.3 Å². The third-order valence-corrected chi connectivity index (χ3v) is 7.25. The number of carbonyl (C=O) groups excluding carboxylic acids is 3. The Morgan fingerprint density at radius 1 is 0.978 bits per heavy atom. The topological polar surface area (TPSA) is 147 Å². The quantitative estimate of drug-likeness (QED) is 0.0718. The number of amides is 3. The summed E-state index contributed by atoms with van der Waals surface area (Å²) in [5.74, 6) is -2.11. The molecule has 0 fully saturated rings. The lowest BCUT2D eigenvalue weighted by Crippen LogP contribution is -2.48. The van der Waals surface area contributed by atoms with Crippen LogP contribution in [0.4, 0.5) is 0 Å². The molecule has 0 unspecified atom stereocenters. The molecule has 3 rings (SSSR count). The Balaban J connectivity index is 1.68. The van der Waals surface area contributed by atoms with Crippen LogP contribution in [-0.2, 0) is 21.0 Å². The number of benzene rings is 2. The zero-order valence-electron chi connectivity index (χ0n) is 26.0. The number of carboxylic acid groups (broad SMARTS) is 1. The van der Waals surface area contributed by atoms with Gasteiger partial charge in [-0.05, 0) is 55.7 Å². The van der Waals surface area contributed by atoms with Crippen molar-refractivity contribution in [1.82, 2.24) is 20.7 Å². The number of carbonyl (C=O) groups is 4. The van der Waals surface area contributed by atoms with Gasteiger partial charge in [0.2, 0.25) is 12.3 Å². The summed E-state index contributed by atoms with van der Waals surface area (Å²) in [6, 6.07) is 18.3. The molecule has 0 aliphatic rings. The Kier molecular flexibility index (Phi) is 14.0. The summed E-state index contributed by atoms with van der Waals surface area (Å²) in [5, 5.41) is 16.2. The first-order valence-corrected chi connectivity index (χ1v) is 15.3. The van der Waals surface area contributed by atoms with Crippen molar-refractivity contribution >= 4 is 24.2 Å². The number of aromatic carboxylic acids is 1. The van der Waals surface area contributed by atoms with Crippen LogP contribution in [0.15, 0.2) is 66.7 Å². The van der Waals surface area contributed by atoms with E-state index >= 15 is 0 Å². The van der Waals surface area contributed by atoms with Crippen LogP contribution in [0, 0.1) is 5.92 Å². The number of hydroxylamine groups is 2. The zero-order chi connectivity index (χ0) is 32.6. The van der Waals surface area contributed by atoms with Crippen LogP contribution >= 0.6 is 0 Å². The Labute approximate surface area is 263 Å². The lowest BCUT2D eigenvalue weighted by Gasteiger charge is -2.32. The van der Waals surface area contributed by atoms with Crippen LogP contribution in [0.3, 0.4) is 0 Å². The van der Waals surface area contributed by atoms with Gasteiger partial charge in [0, 0.05) is 5.56 Å².